The second kappa shape index (κ2) is 5.27. The van der Waals surface area contributed by atoms with Crippen molar-refractivity contribution in [2.45, 2.75) is 31.9 Å². The summed E-state index contributed by atoms with van der Waals surface area (Å²) in [5.41, 5.74) is -0.0950. The van der Waals surface area contributed by atoms with Crippen molar-refractivity contribution >= 4 is 5.91 Å². The molecule has 1 heterocycles. The van der Waals surface area contributed by atoms with Crippen LogP contribution >= 0.6 is 0 Å². The normalized spacial score (nSPS) is 20.6. The number of phenolic OH excluding ortho intramolecular Hbond substituents is 2. The van der Waals surface area contributed by atoms with Crippen LogP contribution in [0.25, 0.3) is 0 Å². The zero-order chi connectivity index (χ0) is 13.1. The van der Waals surface area contributed by atoms with Crippen molar-refractivity contribution in [3.63, 3.8) is 0 Å². The number of hydrogen-bond donors (Lipinski definition) is 3. The van der Waals surface area contributed by atoms with Crippen LogP contribution in [0.5, 0.6) is 11.5 Å². The minimum atomic E-state index is -0.492. The van der Waals surface area contributed by atoms with Gasteiger partial charge in [0.2, 0.25) is 0 Å². The van der Waals surface area contributed by atoms with E-state index >= 15 is 0 Å². The molecule has 5 nitrogen and oxygen atoms in total. The van der Waals surface area contributed by atoms with E-state index in [9.17, 15) is 15.0 Å². The summed E-state index contributed by atoms with van der Waals surface area (Å²) in [6.07, 6.45) is 1.91. The molecule has 1 aromatic rings. The molecule has 3 N–H and O–H groups in total. The summed E-state index contributed by atoms with van der Waals surface area (Å²) in [4.78, 5) is 12.0. The number of hydrogen-bond acceptors (Lipinski definition) is 4. The number of carbonyl (C=O) groups excluding carboxylic acids is 1. The molecular formula is C13H17NO4. The second-order valence-electron chi connectivity index (χ2n) is 4.48. The number of carbonyl (C=O) groups is 1. The van der Waals surface area contributed by atoms with E-state index in [4.69, 9.17) is 4.74 Å². The Bertz CT molecular complexity index is 420. The molecule has 1 aliphatic heterocycles. The summed E-state index contributed by atoms with van der Waals surface area (Å²) in [6, 6.07) is 4.06. The predicted octanol–water partition coefficient (Wildman–Crippen LogP) is 1.40. The molecule has 0 radical (unpaired) electrons. The lowest BCUT2D eigenvalue weighted by Gasteiger charge is -2.20. The Kier molecular flexibility index (Phi) is 3.72. The fraction of sp³-hybridized carbons (Fsp3) is 0.462. The maximum atomic E-state index is 12.0. The van der Waals surface area contributed by atoms with Gasteiger partial charge in [0.15, 0.2) is 0 Å². The van der Waals surface area contributed by atoms with Gasteiger partial charge in [-0.05, 0) is 31.9 Å². The lowest BCUT2D eigenvalue weighted by atomic mass is 10.1. The summed E-state index contributed by atoms with van der Waals surface area (Å²) < 4.78 is 5.47. The number of aromatic hydroxyl groups is 2. The van der Waals surface area contributed by atoms with E-state index < -0.39 is 5.91 Å². The monoisotopic (exact) mass is 251 g/mol. The molecule has 0 bridgehead atoms. The van der Waals surface area contributed by atoms with Crippen molar-refractivity contribution in [2.75, 3.05) is 6.61 Å². The zero-order valence-electron chi connectivity index (χ0n) is 10.2. The first-order valence-corrected chi connectivity index (χ1v) is 6.03. The van der Waals surface area contributed by atoms with Crippen molar-refractivity contribution in [1.29, 1.82) is 0 Å². The molecule has 0 aliphatic carbocycles. The van der Waals surface area contributed by atoms with E-state index in [2.05, 4.69) is 5.32 Å². The van der Waals surface area contributed by atoms with Gasteiger partial charge >= 0.3 is 0 Å². The van der Waals surface area contributed by atoms with Gasteiger partial charge in [0.1, 0.15) is 17.1 Å². The van der Waals surface area contributed by atoms with Crippen LogP contribution in [0, 0.1) is 0 Å². The first-order chi connectivity index (χ1) is 8.59. The summed E-state index contributed by atoms with van der Waals surface area (Å²) >= 11 is 0. The molecule has 1 aromatic carbocycles. The molecule has 1 saturated heterocycles. The quantitative estimate of drug-likeness (QED) is 0.758. The molecular weight excluding hydrogens is 234 g/mol. The second-order valence-corrected chi connectivity index (χ2v) is 4.48. The van der Waals surface area contributed by atoms with Crippen LogP contribution in [0.1, 0.15) is 30.1 Å². The maximum absolute atomic E-state index is 12.0. The topological polar surface area (TPSA) is 78.8 Å². The molecule has 98 valence electrons. The van der Waals surface area contributed by atoms with Crippen molar-refractivity contribution < 1.29 is 19.7 Å². The van der Waals surface area contributed by atoms with Gasteiger partial charge in [0.25, 0.3) is 5.91 Å². The third-order valence-corrected chi connectivity index (χ3v) is 3.13. The SMILES string of the molecule is CC(NC(=O)c1c(O)cccc1O)C1CCCO1. The maximum Gasteiger partial charge on any atom is 0.259 e. The Morgan fingerprint density at radius 1 is 1.44 bits per heavy atom. The first-order valence-electron chi connectivity index (χ1n) is 6.03. The zero-order valence-corrected chi connectivity index (χ0v) is 10.2. The molecule has 0 aromatic heterocycles. The molecule has 2 unspecified atom stereocenters. The number of benzene rings is 1. The van der Waals surface area contributed by atoms with Gasteiger partial charge in [0.05, 0.1) is 12.1 Å². The number of ether oxygens (including phenoxy) is 1. The molecule has 0 saturated carbocycles. The summed E-state index contributed by atoms with van der Waals surface area (Å²) in [5.74, 6) is -0.951. The fourth-order valence-electron chi connectivity index (χ4n) is 2.13. The van der Waals surface area contributed by atoms with Crippen LogP contribution in [-0.4, -0.2) is 34.9 Å². The van der Waals surface area contributed by atoms with Crippen LogP contribution in [-0.2, 0) is 4.74 Å². The van der Waals surface area contributed by atoms with Crippen molar-refractivity contribution in [1.82, 2.24) is 5.32 Å². The van der Waals surface area contributed by atoms with Crippen molar-refractivity contribution in [3.8, 4) is 11.5 Å². The first kappa shape index (κ1) is 12.7. The third kappa shape index (κ3) is 2.56. The Labute approximate surface area is 105 Å². The summed E-state index contributed by atoms with van der Waals surface area (Å²) in [5, 5.41) is 21.9. The standard InChI is InChI=1S/C13H17NO4/c1-8(11-6-3-7-18-11)14-13(17)12-9(15)4-2-5-10(12)16/h2,4-5,8,11,15-16H,3,6-7H2,1H3,(H,14,17). The average molecular weight is 251 g/mol. The molecule has 5 heteroatoms. The fourth-order valence-corrected chi connectivity index (χ4v) is 2.13. The Morgan fingerprint density at radius 3 is 2.67 bits per heavy atom. The number of phenols is 2. The molecule has 0 spiro atoms. The minimum absolute atomic E-state index is 0.00180. The number of rotatable bonds is 3. The summed E-state index contributed by atoms with van der Waals surface area (Å²) in [7, 11) is 0. The van der Waals surface area contributed by atoms with Crippen LogP contribution < -0.4 is 5.32 Å². The predicted molar refractivity (Wildman–Crippen MR) is 65.7 cm³/mol. The average Bonchev–Trinajstić information content (AvgIpc) is 2.81. The highest BCUT2D eigenvalue weighted by molar-refractivity contribution is 5.99. The largest absolute Gasteiger partial charge is 0.507 e. The van der Waals surface area contributed by atoms with Crippen LogP contribution in [0.4, 0.5) is 0 Å². The van der Waals surface area contributed by atoms with Crippen LogP contribution in [0.15, 0.2) is 18.2 Å². The van der Waals surface area contributed by atoms with Crippen LogP contribution in [0.2, 0.25) is 0 Å². The van der Waals surface area contributed by atoms with E-state index in [0.29, 0.717) is 6.61 Å². The van der Waals surface area contributed by atoms with Gasteiger partial charge in [-0.1, -0.05) is 6.07 Å². The third-order valence-electron chi connectivity index (χ3n) is 3.13. The highest BCUT2D eigenvalue weighted by Gasteiger charge is 2.25. The van der Waals surface area contributed by atoms with Gasteiger partial charge in [-0.25, -0.2) is 0 Å². The molecule has 2 atom stereocenters. The van der Waals surface area contributed by atoms with Gasteiger partial charge in [-0.15, -0.1) is 0 Å². The lowest BCUT2D eigenvalue weighted by molar-refractivity contribution is 0.0709. The van der Waals surface area contributed by atoms with Gasteiger partial charge < -0.3 is 20.3 Å². The van der Waals surface area contributed by atoms with Gasteiger partial charge in [-0.2, -0.15) is 0 Å². The summed E-state index contributed by atoms with van der Waals surface area (Å²) in [6.45, 7) is 2.57. The van der Waals surface area contributed by atoms with E-state index in [-0.39, 0.29) is 29.2 Å². The van der Waals surface area contributed by atoms with E-state index in [1.165, 1.54) is 18.2 Å². The smallest absolute Gasteiger partial charge is 0.259 e. The number of amides is 1. The molecule has 1 aliphatic rings. The Morgan fingerprint density at radius 2 is 2.11 bits per heavy atom. The number of nitrogens with one attached hydrogen (secondary N) is 1. The van der Waals surface area contributed by atoms with Gasteiger partial charge in [0, 0.05) is 6.61 Å². The van der Waals surface area contributed by atoms with E-state index in [1.54, 1.807) is 0 Å². The Hall–Kier alpha value is -1.75. The Balaban J connectivity index is 2.07. The van der Waals surface area contributed by atoms with Crippen LogP contribution in [0.3, 0.4) is 0 Å². The highest BCUT2D eigenvalue weighted by Crippen LogP contribution is 2.26. The van der Waals surface area contributed by atoms with Gasteiger partial charge in [-0.3, -0.25) is 4.79 Å². The molecule has 2 rings (SSSR count). The van der Waals surface area contributed by atoms with Crippen molar-refractivity contribution in [3.05, 3.63) is 23.8 Å². The minimum Gasteiger partial charge on any atom is -0.507 e. The van der Waals surface area contributed by atoms with E-state index in [0.717, 1.165) is 12.8 Å². The lowest BCUT2D eigenvalue weighted by Crippen LogP contribution is -2.40. The van der Waals surface area contributed by atoms with E-state index in [1.807, 2.05) is 6.92 Å². The molecule has 18 heavy (non-hydrogen) atoms. The molecule has 1 amide bonds. The highest BCUT2D eigenvalue weighted by atomic mass is 16.5. The van der Waals surface area contributed by atoms with Crippen molar-refractivity contribution in [2.24, 2.45) is 0 Å². The molecule has 1 fully saturated rings.